The molecule has 0 aliphatic heterocycles. The van der Waals surface area contributed by atoms with E-state index in [-0.39, 0.29) is 5.11 Å². The summed E-state index contributed by atoms with van der Waals surface area (Å²) in [7, 11) is 0. The highest BCUT2D eigenvalue weighted by atomic mass is 35.5. The van der Waals surface area contributed by atoms with Crippen molar-refractivity contribution in [3.05, 3.63) is 57.0 Å². The van der Waals surface area contributed by atoms with Crippen LogP contribution in [0.15, 0.2) is 36.4 Å². The van der Waals surface area contributed by atoms with Gasteiger partial charge in [0.15, 0.2) is 5.11 Å². The minimum Gasteiger partial charge on any atom is -0.492 e. The Balaban J connectivity index is 2.02. The molecule has 0 saturated carbocycles. The summed E-state index contributed by atoms with van der Waals surface area (Å²) in [6, 6.07) is 9.69. The number of rotatable bonds is 4. The van der Waals surface area contributed by atoms with Crippen molar-refractivity contribution in [1.29, 1.82) is 0 Å². The molecule has 0 atom stereocenters. The maximum Gasteiger partial charge on any atom is 0.257 e. The van der Waals surface area contributed by atoms with Crippen LogP contribution in [0.1, 0.15) is 17.3 Å². The van der Waals surface area contributed by atoms with E-state index in [2.05, 4.69) is 10.6 Å². The van der Waals surface area contributed by atoms with Crippen LogP contribution in [-0.4, -0.2) is 17.6 Å². The molecule has 0 bridgehead atoms. The first-order valence-electron chi connectivity index (χ1n) is 6.90. The fourth-order valence-electron chi connectivity index (χ4n) is 1.83. The molecule has 4 nitrogen and oxygen atoms in total. The van der Waals surface area contributed by atoms with Gasteiger partial charge >= 0.3 is 0 Å². The molecule has 0 spiro atoms. The third-order valence-corrected chi connectivity index (χ3v) is 4.14. The van der Waals surface area contributed by atoms with Crippen LogP contribution >= 0.6 is 47.0 Å². The van der Waals surface area contributed by atoms with E-state index in [4.69, 9.17) is 51.8 Å². The summed E-state index contributed by atoms with van der Waals surface area (Å²) in [6.45, 7) is 2.34. The van der Waals surface area contributed by atoms with Crippen molar-refractivity contribution >= 4 is 63.7 Å². The van der Waals surface area contributed by atoms with Crippen molar-refractivity contribution in [2.45, 2.75) is 6.92 Å². The Hall–Kier alpha value is -1.53. The number of hydrogen-bond acceptors (Lipinski definition) is 3. The lowest BCUT2D eigenvalue weighted by Gasteiger charge is -2.11. The molecule has 1 amide bonds. The molecule has 0 unspecified atom stereocenters. The number of benzene rings is 2. The van der Waals surface area contributed by atoms with Crippen LogP contribution < -0.4 is 15.4 Å². The monoisotopic (exact) mass is 402 g/mol. The van der Waals surface area contributed by atoms with Crippen LogP contribution in [0.2, 0.25) is 15.1 Å². The highest BCUT2D eigenvalue weighted by Gasteiger charge is 2.11. The summed E-state index contributed by atoms with van der Waals surface area (Å²) in [4.78, 5) is 12.2. The van der Waals surface area contributed by atoms with Crippen LogP contribution in [0, 0.1) is 0 Å². The minimum atomic E-state index is -0.391. The normalized spacial score (nSPS) is 10.2. The Morgan fingerprint density at radius 2 is 1.83 bits per heavy atom. The fourth-order valence-corrected chi connectivity index (χ4v) is 2.57. The smallest absolute Gasteiger partial charge is 0.257 e. The second-order valence-electron chi connectivity index (χ2n) is 4.62. The van der Waals surface area contributed by atoms with E-state index in [1.54, 1.807) is 30.3 Å². The molecule has 2 rings (SSSR count). The quantitative estimate of drug-likeness (QED) is 0.691. The van der Waals surface area contributed by atoms with Crippen molar-refractivity contribution in [3.8, 4) is 5.75 Å². The molecule has 0 heterocycles. The van der Waals surface area contributed by atoms with Crippen molar-refractivity contribution in [1.82, 2.24) is 5.32 Å². The third-order valence-electron chi connectivity index (χ3n) is 2.90. The molecule has 0 aliphatic carbocycles. The van der Waals surface area contributed by atoms with Crippen LogP contribution in [0.3, 0.4) is 0 Å². The van der Waals surface area contributed by atoms with Crippen LogP contribution in [0.25, 0.3) is 0 Å². The molecule has 0 radical (unpaired) electrons. The maximum absolute atomic E-state index is 12.2. The average Bonchev–Trinajstić information content (AvgIpc) is 2.53. The zero-order valence-corrected chi connectivity index (χ0v) is 15.6. The van der Waals surface area contributed by atoms with Gasteiger partial charge in [0.1, 0.15) is 5.75 Å². The van der Waals surface area contributed by atoms with E-state index in [1.807, 2.05) is 6.92 Å². The Morgan fingerprint density at radius 3 is 2.46 bits per heavy atom. The number of ether oxygens (including phenoxy) is 1. The van der Waals surface area contributed by atoms with Gasteiger partial charge in [-0.15, -0.1) is 0 Å². The molecule has 8 heteroatoms. The Kier molecular flexibility index (Phi) is 6.69. The van der Waals surface area contributed by atoms with Gasteiger partial charge in [-0.1, -0.05) is 34.8 Å². The summed E-state index contributed by atoms with van der Waals surface area (Å²) in [5.74, 6) is 0.129. The molecular weight excluding hydrogens is 391 g/mol. The van der Waals surface area contributed by atoms with Gasteiger partial charge in [0.2, 0.25) is 0 Å². The van der Waals surface area contributed by atoms with Gasteiger partial charge in [-0.05, 0) is 55.5 Å². The van der Waals surface area contributed by atoms with E-state index in [1.165, 1.54) is 6.07 Å². The molecular formula is C16H13Cl3N2O2S. The Morgan fingerprint density at radius 1 is 1.08 bits per heavy atom. The molecule has 0 fully saturated rings. The maximum atomic E-state index is 12.2. The first-order valence-corrected chi connectivity index (χ1v) is 8.44. The number of nitrogens with one attached hydrogen (secondary N) is 2. The number of anilines is 1. The minimum absolute atomic E-state index is 0.128. The number of halogens is 3. The predicted octanol–water partition coefficient (Wildman–Crippen LogP) is 5.17. The highest BCUT2D eigenvalue weighted by Crippen LogP contribution is 2.26. The number of carbonyl (C=O) groups excluding carboxylic acids is 1. The van der Waals surface area contributed by atoms with Crippen molar-refractivity contribution in [2.75, 3.05) is 11.9 Å². The molecule has 0 aromatic heterocycles. The first-order chi connectivity index (χ1) is 11.4. The molecule has 0 saturated heterocycles. The summed E-state index contributed by atoms with van der Waals surface area (Å²) in [6.07, 6.45) is 0. The van der Waals surface area contributed by atoms with Gasteiger partial charge < -0.3 is 10.1 Å². The average molecular weight is 404 g/mol. The van der Waals surface area contributed by atoms with Crippen LogP contribution in [-0.2, 0) is 0 Å². The van der Waals surface area contributed by atoms with Crippen LogP contribution in [0.4, 0.5) is 5.69 Å². The third kappa shape index (κ3) is 4.98. The van der Waals surface area contributed by atoms with E-state index < -0.39 is 5.91 Å². The number of hydrogen-bond donors (Lipinski definition) is 2. The second kappa shape index (κ2) is 8.53. The standard InChI is InChI=1S/C16H13Cl3N2O2S/c1-2-23-14-6-3-9(7-13(14)19)15(22)21-16(24)20-10-4-5-11(17)12(18)8-10/h3-8H,2H2,1H3,(H2,20,21,22,24). The SMILES string of the molecule is CCOc1ccc(C(=O)NC(=S)Nc2ccc(Cl)c(Cl)c2)cc1Cl. The summed E-state index contributed by atoms with van der Waals surface area (Å²) in [5, 5.41) is 6.72. The van der Waals surface area contributed by atoms with Crippen LogP contribution in [0.5, 0.6) is 5.75 Å². The zero-order chi connectivity index (χ0) is 17.7. The molecule has 126 valence electrons. The highest BCUT2D eigenvalue weighted by molar-refractivity contribution is 7.80. The Labute approximate surface area is 160 Å². The van der Waals surface area contributed by atoms with Gasteiger partial charge in [-0.25, -0.2) is 0 Å². The second-order valence-corrected chi connectivity index (χ2v) is 6.25. The molecule has 2 N–H and O–H groups in total. The van der Waals surface area contributed by atoms with Gasteiger partial charge in [-0.3, -0.25) is 10.1 Å². The zero-order valence-electron chi connectivity index (χ0n) is 12.5. The molecule has 2 aromatic rings. The molecule has 24 heavy (non-hydrogen) atoms. The van der Waals surface area contributed by atoms with E-state index in [0.717, 1.165) is 0 Å². The van der Waals surface area contributed by atoms with E-state index >= 15 is 0 Å². The first kappa shape index (κ1) is 18.8. The van der Waals surface area contributed by atoms with Crippen molar-refractivity contribution in [2.24, 2.45) is 0 Å². The van der Waals surface area contributed by atoms with E-state index in [9.17, 15) is 4.79 Å². The van der Waals surface area contributed by atoms with Gasteiger partial charge in [0.05, 0.1) is 21.7 Å². The topological polar surface area (TPSA) is 50.4 Å². The van der Waals surface area contributed by atoms with Gasteiger partial charge in [-0.2, -0.15) is 0 Å². The number of amides is 1. The van der Waals surface area contributed by atoms with Crippen molar-refractivity contribution < 1.29 is 9.53 Å². The summed E-state index contributed by atoms with van der Waals surface area (Å²) >= 11 is 23.0. The lowest BCUT2D eigenvalue weighted by atomic mass is 10.2. The summed E-state index contributed by atoms with van der Waals surface area (Å²) in [5.41, 5.74) is 0.973. The Bertz CT molecular complexity index is 784. The molecule has 0 aliphatic rings. The predicted molar refractivity (Wildman–Crippen MR) is 103 cm³/mol. The number of carbonyl (C=O) groups is 1. The summed E-state index contributed by atoms with van der Waals surface area (Å²) < 4.78 is 5.33. The lowest BCUT2D eigenvalue weighted by molar-refractivity contribution is 0.0977. The largest absolute Gasteiger partial charge is 0.492 e. The van der Waals surface area contributed by atoms with Gasteiger partial charge in [0, 0.05) is 11.3 Å². The molecule has 2 aromatic carbocycles. The van der Waals surface area contributed by atoms with Crippen molar-refractivity contribution in [3.63, 3.8) is 0 Å². The fraction of sp³-hybridized carbons (Fsp3) is 0.125. The number of thiocarbonyl (C=S) groups is 1. The van der Waals surface area contributed by atoms with Gasteiger partial charge in [0.25, 0.3) is 5.91 Å². The van der Waals surface area contributed by atoms with E-state index in [0.29, 0.717) is 38.7 Å². The lowest BCUT2D eigenvalue weighted by Crippen LogP contribution is -2.34.